The highest BCUT2D eigenvalue weighted by Gasteiger charge is 2.21. The lowest BCUT2D eigenvalue weighted by atomic mass is 9.85. The molecule has 3 aromatic rings. The Balaban J connectivity index is 2.21. The fourth-order valence-electron chi connectivity index (χ4n) is 2.60. The molecule has 0 heterocycles. The van der Waals surface area contributed by atoms with Crippen LogP contribution < -0.4 is 0 Å². The zero-order chi connectivity index (χ0) is 15.5. The summed E-state index contributed by atoms with van der Waals surface area (Å²) in [6.45, 7) is 0. The van der Waals surface area contributed by atoms with Gasteiger partial charge in [0.25, 0.3) is 0 Å². The van der Waals surface area contributed by atoms with Gasteiger partial charge in [0.1, 0.15) is 0 Å². The summed E-state index contributed by atoms with van der Waals surface area (Å²) < 4.78 is 0. The van der Waals surface area contributed by atoms with Crippen LogP contribution in [0.25, 0.3) is 0 Å². The van der Waals surface area contributed by atoms with Gasteiger partial charge in [0.2, 0.25) is 0 Å². The molecule has 0 amide bonds. The first-order valence-corrected chi connectivity index (χ1v) is 8.04. The Hall–Kier alpha value is -1.47. The van der Waals surface area contributed by atoms with Crippen LogP contribution in [-0.2, 0) is 0 Å². The molecule has 0 aliphatic rings. The second-order valence-electron chi connectivity index (χ2n) is 5.03. The lowest BCUT2D eigenvalue weighted by molar-refractivity contribution is 0.978. The first-order chi connectivity index (χ1) is 10.7. The molecular weight excluding hydrogens is 335 g/mol. The van der Waals surface area contributed by atoms with Crippen LogP contribution in [-0.4, -0.2) is 0 Å². The summed E-state index contributed by atoms with van der Waals surface area (Å²) in [7, 11) is 0. The van der Waals surface area contributed by atoms with Crippen molar-refractivity contribution in [1.82, 2.24) is 0 Å². The predicted molar refractivity (Wildman–Crippen MR) is 95.3 cm³/mol. The molecule has 3 rings (SSSR count). The smallest absolute Gasteiger partial charge is 0.0447 e. The molecule has 0 saturated heterocycles. The number of benzene rings is 3. The second kappa shape index (κ2) is 6.75. The van der Waals surface area contributed by atoms with E-state index in [2.05, 4.69) is 0 Å². The molecule has 0 radical (unpaired) electrons. The number of rotatable bonds is 3. The van der Waals surface area contributed by atoms with Crippen molar-refractivity contribution >= 4 is 34.8 Å². The van der Waals surface area contributed by atoms with Crippen LogP contribution in [0.1, 0.15) is 22.6 Å². The van der Waals surface area contributed by atoms with Crippen molar-refractivity contribution < 1.29 is 0 Å². The third-order valence-corrected chi connectivity index (χ3v) is 4.58. The minimum absolute atomic E-state index is 0.0281. The highest BCUT2D eigenvalue weighted by Crippen LogP contribution is 2.39. The zero-order valence-electron chi connectivity index (χ0n) is 11.6. The van der Waals surface area contributed by atoms with Crippen molar-refractivity contribution in [2.24, 2.45) is 0 Å². The SMILES string of the molecule is Clc1ccc(C(c2ccccc2Cl)c2ccccc2Cl)cc1. The first-order valence-electron chi connectivity index (χ1n) is 6.91. The Kier molecular flexibility index (Phi) is 4.73. The van der Waals surface area contributed by atoms with Crippen LogP contribution in [0.2, 0.25) is 15.1 Å². The summed E-state index contributed by atoms with van der Waals surface area (Å²) in [4.78, 5) is 0. The van der Waals surface area contributed by atoms with Gasteiger partial charge in [-0.05, 0) is 41.0 Å². The average Bonchev–Trinajstić information content (AvgIpc) is 2.53. The maximum atomic E-state index is 6.43. The number of halogens is 3. The molecule has 3 aromatic carbocycles. The predicted octanol–water partition coefficient (Wildman–Crippen LogP) is 6.83. The van der Waals surface area contributed by atoms with Gasteiger partial charge in [0, 0.05) is 21.0 Å². The van der Waals surface area contributed by atoms with Crippen molar-refractivity contribution in [2.45, 2.75) is 5.92 Å². The van der Waals surface area contributed by atoms with Crippen LogP contribution in [0.3, 0.4) is 0 Å². The molecule has 3 heteroatoms. The van der Waals surface area contributed by atoms with Crippen LogP contribution in [0.4, 0.5) is 0 Å². The van der Waals surface area contributed by atoms with Gasteiger partial charge >= 0.3 is 0 Å². The van der Waals surface area contributed by atoms with Gasteiger partial charge < -0.3 is 0 Å². The largest absolute Gasteiger partial charge is 0.0843 e. The number of hydrogen-bond donors (Lipinski definition) is 0. The van der Waals surface area contributed by atoms with E-state index in [9.17, 15) is 0 Å². The third-order valence-electron chi connectivity index (χ3n) is 3.64. The fourth-order valence-corrected chi connectivity index (χ4v) is 3.22. The minimum Gasteiger partial charge on any atom is -0.0843 e. The highest BCUT2D eigenvalue weighted by atomic mass is 35.5. The standard InChI is InChI=1S/C19H13Cl3/c20-14-11-9-13(10-12-14)19(15-5-1-3-7-17(15)21)16-6-2-4-8-18(16)22/h1-12,19H. The molecule has 0 aliphatic carbocycles. The van der Waals surface area contributed by atoms with Crippen molar-refractivity contribution in [3.8, 4) is 0 Å². The molecule has 0 unspecified atom stereocenters. The van der Waals surface area contributed by atoms with E-state index in [0.717, 1.165) is 26.7 Å². The summed E-state index contributed by atoms with van der Waals surface area (Å²) in [5.74, 6) is -0.0281. The van der Waals surface area contributed by atoms with E-state index in [4.69, 9.17) is 34.8 Å². The Morgan fingerprint density at radius 1 is 0.545 bits per heavy atom. The van der Waals surface area contributed by atoms with Gasteiger partial charge in [-0.3, -0.25) is 0 Å². The second-order valence-corrected chi connectivity index (χ2v) is 6.28. The molecule has 0 aromatic heterocycles. The molecule has 0 aliphatic heterocycles. The summed E-state index contributed by atoms with van der Waals surface area (Å²) in [6, 6.07) is 23.5. The van der Waals surface area contributed by atoms with Gasteiger partial charge in [-0.25, -0.2) is 0 Å². The van der Waals surface area contributed by atoms with Crippen LogP contribution in [0.15, 0.2) is 72.8 Å². The highest BCUT2D eigenvalue weighted by molar-refractivity contribution is 6.32. The molecule has 0 spiro atoms. The van der Waals surface area contributed by atoms with Gasteiger partial charge in [-0.2, -0.15) is 0 Å². The molecule has 0 N–H and O–H groups in total. The van der Waals surface area contributed by atoms with Gasteiger partial charge in [-0.1, -0.05) is 83.3 Å². The molecular formula is C19H13Cl3. The zero-order valence-corrected chi connectivity index (χ0v) is 13.9. The lowest BCUT2D eigenvalue weighted by Crippen LogP contribution is -2.04. The number of hydrogen-bond acceptors (Lipinski definition) is 0. The quantitative estimate of drug-likeness (QED) is 0.456. The summed E-state index contributed by atoms with van der Waals surface area (Å²) in [5.41, 5.74) is 3.16. The van der Waals surface area contributed by atoms with Crippen LogP contribution >= 0.6 is 34.8 Å². The van der Waals surface area contributed by atoms with E-state index in [0.29, 0.717) is 5.02 Å². The van der Waals surface area contributed by atoms with E-state index in [1.54, 1.807) is 0 Å². The maximum Gasteiger partial charge on any atom is 0.0447 e. The Morgan fingerprint density at radius 3 is 1.45 bits per heavy atom. The Labute approximate surface area is 145 Å². The molecule has 0 saturated carbocycles. The lowest BCUT2D eigenvalue weighted by Gasteiger charge is -2.21. The van der Waals surface area contributed by atoms with Crippen molar-refractivity contribution in [3.05, 3.63) is 105 Å². The van der Waals surface area contributed by atoms with E-state index in [-0.39, 0.29) is 5.92 Å². The third kappa shape index (κ3) is 3.15. The Morgan fingerprint density at radius 2 is 1.00 bits per heavy atom. The topological polar surface area (TPSA) is 0 Å². The van der Waals surface area contributed by atoms with E-state index < -0.39 is 0 Å². The average molecular weight is 348 g/mol. The van der Waals surface area contributed by atoms with Gasteiger partial charge in [-0.15, -0.1) is 0 Å². The van der Waals surface area contributed by atoms with Crippen molar-refractivity contribution in [2.75, 3.05) is 0 Å². The van der Waals surface area contributed by atoms with E-state index in [1.165, 1.54) is 0 Å². The van der Waals surface area contributed by atoms with Gasteiger partial charge in [0.15, 0.2) is 0 Å². The van der Waals surface area contributed by atoms with E-state index in [1.807, 2.05) is 72.8 Å². The Bertz CT molecular complexity index is 733. The minimum atomic E-state index is -0.0281. The molecule has 0 atom stereocenters. The van der Waals surface area contributed by atoms with Crippen LogP contribution in [0, 0.1) is 0 Å². The summed E-state index contributed by atoms with van der Waals surface area (Å²) >= 11 is 18.9. The normalized spacial score (nSPS) is 10.9. The molecule has 110 valence electrons. The maximum absolute atomic E-state index is 6.43. The van der Waals surface area contributed by atoms with Crippen LogP contribution in [0.5, 0.6) is 0 Å². The molecule has 0 bridgehead atoms. The summed E-state index contributed by atoms with van der Waals surface area (Å²) in [5, 5.41) is 2.16. The fraction of sp³-hybridized carbons (Fsp3) is 0.0526. The van der Waals surface area contributed by atoms with Gasteiger partial charge in [0.05, 0.1) is 0 Å². The van der Waals surface area contributed by atoms with Crippen molar-refractivity contribution in [1.29, 1.82) is 0 Å². The molecule has 0 fully saturated rings. The first kappa shape index (κ1) is 15.4. The monoisotopic (exact) mass is 346 g/mol. The van der Waals surface area contributed by atoms with Crippen molar-refractivity contribution in [3.63, 3.8) is 0 Å². The molecule has 0 nitrogen and oxygen atoms in total. The molecule has 22 heavy (non-hydrogen) atoms. The van der Waals surface area contributed by atoms with E-state index >= 15 is 0 Å². The summed E-state index contributed by atoms with van der Waals surface area (Å²) in [6.07, 6.45) is 0.